The van der Waals surface area contributed by atoms with E-state index < -0.39 is 10.0 Å². The van der Waals surface area contributed by atoms with Crippen LogP contribution in [0.2, 0.25) is 0 Å². The fourth-order valence-electron chi connectivity index (χ4n) is 4.17. The molecule has 2 aliphatic heterocycles. The predicted octanol–water partition coefficient (Wildman–Crippen LogP) is 4.39. The Labute approximate surface area is 195 Å². The number of aromatic nitrogens is 2. The zero-order valence-electron chi connectivity index (χ0n) is 19.0. The highest BCUT2D eigenvalue weighted by atomic mass is 32.2. The second-order valence-electron chi connectivity index (χ2n) is 7.71. The van der Waals surface area contributed by atoms with Crippen LogP contribution in [0.4, 0.5) is 11.5 Å². The number of nitrogen functional groups attached to an aromatic ring is 1. The van der Waals surface area contributed by atoms with Gasteiger partial charge in [0.1, 0.15) is 10.7 Å². The summed E-state index contributed by atoms with van der Waals surface area (Å²) in [4.78, 5) is 8.40. The highest BCUT2D eigenvalue weighted by Gasteiger charge is 2.30. The molecule has 0 amide bonds. The third-order valence-corrected chi connectivity index (χ3v) is 7.73. The molecule has 4 heterocycles. The lowest BCUT2D eigenvalue weighted by atomic mass is 9.92. The second kappa shape index (κ2) is 9.72. The molecular formula is C25H29N5O2S. The summed E-state index contributed by atoms with van der Waals surface area (Å²) >= 11 is 0. The van der Waals surface area contributed by atoms with E-state index in [0.29, 0.717) is 13.1 Å². The van der Waals surface area contributed by atoms with Crippen molar-refractivity contribution in [2.45, 2.75) is 31.6 Å². The van der Waals surface area contributed by atoms with Crippen molar-refractivity contribution in [3.8, 4) is 11.1 Å². The first-order valence-corrected chi connectivity index (χ1v) is 12.7. The number of nitrogens with two attached hydrogens (primary N) is 1. The first kappa shape index (κ1) is 22.9. The Morgan fingerprint density at radius 3 is 2.42 bits per heavy atom. The molecule has 3 aromatic rings. The van der Waals surface area contributed by atoms with E-state index in [2.05, 4.69) is 27.4 Å². The smallest absolute Gasteiger partial charge is 0.246 e. The number of benzene rings is 1. The van der Waals surface area contributed by atoms with Crippen LogP contribution in [0.25, 0.3) is 16.7 Å². The zero-order chi connectivity index (χ0) is 23.4. The van der Waals surface area contributed by atoms with Crippen molar-refractivity contribution in [3.05, 3.63) is 72.2 Å². The van der Waals surface area contributed by atoms with Crippen LogP contribution in [0, 0.1) is 0 Å². The van der Waals surface area contributed by atoms with Crippen molar-refractivity contribution in [2.24, 2.45) is 0 Å². The van der Waals surface area contributed by atoms with Crippen molar-refractivity contribution < 1.29 is 8.42 Å². The molecule has 1 fully saturated rings. The van der Waals surface area contributed by atoms with Crippen LogP contribution in [-0.4, -0.2) is 42.3 Å². The third-order valence-electron chi connectivity index (χ3n) is 5.80. The fourth-order valence-corrected chi connectivity index (χ4v) is 5.78. The minimum atomic E-state index is -3.66. The largest absolute Gasteiger partial charge is 0.383 e. The number of sulfonamides is 1. The number of nitrogens with one attached hydrogen (secondary N) is 1. The van der Waals surface area contributed by atoms with Crippen LogP contribution in [-0.2, 0) is 10.0 Å². The molecule has 7 nitrogen and oxygen atoms in total. The topological polar surface area (TPSA) is 101 Å². The molecule has 3 N–H and O–H groups in total. The summed E-state index contributed by atoms with van der Waals surface area (Å²) in [5.74, 6) is 0.0349. The van der Waals surface area contributed by atoms with Gasteiger partial charge in [0.2, 0.25) is 10.0 Å². The molecule has 1 aromatic carbocycles. The highest BCUT2D eigenvalue weighted by Crippen LogP contribution is 2.36. The predicted molar refractivity (Wildman–Crippen MR) is 133 cm³/mol. The molecule has 0 bridgehead atoms. The van der Waals surface area contributed by atoms with Gasteiger partial charge in [0.15, 0.2) is 0 Å². The first-order chi connectivity index (χ1) is 16.0. The molecule has 2 aliphatic rings. The summed E-state index contributed by atoms with van der Waals surface area (Å²) in [6, 6.07) is 11.7. The second-order valence-corrected chi connectivity index (χ2v) is 9.62. The molecule has 0 atom stereocenters. The number of rotatable bonds is 4. The maximum absolute atomic E-state index is 13.1. The Hall–Kier alpha value is -3.23. The van der Waals surface area contributed by atoms with Crippen LogP contribution >= 0.6 is 0 Å². The van der Waals surface area contributed by atoms with Gasteiger partial charge >= 0.3 is 0 Å². The minimum absolute atomic E-state index is 0.0349. The monoisotopic (exact) mass is 463 g/mol. The quantitative estimate of drug-likeness (QED) is 0.595. The van der Waals surface area contributed by atoms with E-state index in [9.17, 15) is 8.42 Å². The van der Waals surface area contributed by atoms with Crippen LogP contribution in [0.15, 0.2) is 66.0 Å². The number of nitrogens with zero attached hydrogens (tertiary/aromatic N) is 3. The molecule has 0 unspecified atom stereocenters. The molecule has 0 aliphatic carbocycles. The van der Waals surface area contributed by atoms with Gasteiger partial charge in [-0.3, -0.25) is 4.98 Å². The number of hydrogen-bond donors (Lipinski definition) is 2. The summed E-state index contributed by atoms with van der Waals surface area (Å²) in [5.41, 5.74) is 11.9. The Kier molecular flexibility index (Phi) is 6.76. The Morgan fingerprint density at radius 1 is 0.970 bits per heavy atom. The maximum Gasteiger partial charge on any atom is 0.246 e. The summed E-state index contributed by atoms with van der Waals surface area (Å²) < 4.78 is 27.7. The molecule has 0 radical (unpaired) electrons. The van der Waals surface area contributed by atoms with Gasteiger partial charge in [0.25, 0.3) is 0 Å². The van der Waals surface area contributed by atoms with Gasteiger partial charge in [-0.2, -0.15) is 4.31 Å². The number of fused-ring (bicyclic) bond motifs is 1. The lowest BCUT2D eigenvalue weighted by Crippen LogP contribution is -2.28. The standard InChI is InChI=1S/C23H23N5O2S.C2H6/c24-23-22(31(29,30)28-11-1-2-12-28)14-18(15-27-23)17-3-4-21-20(13-17)19(7-10-26-21)16-5-8-25-9-6-16;1-2/h3-9,13-15,26H,1-2,10-12H2,(H2,24,27);1-2H3. The van der Waals surface area contributed by atoms with Gasteiger partial charge in [-0.15, -0.1) is 0 Å². The summed E-state index contributed by atoms with van der Waals surface area (Å²) in [6.07, 6.45) is 9.07. The lowest BCUT2D eigenvalue weighted by Gasteiger charge is -2.21. The van der Waals surface area contributed by atoms with E-state index in [1.54, 1.807) is 24.7 Å². The van der Waals surface area contributed by atoms with Crippen LogP contribution < -0.4 is 11.1 Å². The van der Waals surface area contributed by atoms with E-state index >= 15 is 0 Å². The molecule has 8 heteroatoms. The van der Waals surface area contributed by atoms with Gasteiger partial charge < -0.3 is 11.1 Å². The van der Waals surface area contributed by atoms with Crippen LogP contribution in [0.1, 0.15) is 37.8 Å². The minimum Gasteiger partial charge on any atom is -0.383 e. The summed E-state index contributed by atoms with van der Waals surface area (Å²) in [6.45, 7) is 5.79. The van der Waals surface area contributed by atoms with Crippen molar-refractivity contribution in [1.82, 2.24) is 14.3 Å². The van der Waals surface area contributed by atoms with Crippen LogP contribution in [0.3, 0.4) is 0 Å². The van der Waals surface area contributed by atoms with Crippen molar-refractivity contribution in [2.75, 3.05) is 30.7 Å². The number of anilines is 2. The first-order valence-electron chi connectivity index (χ1n) is 11.3. The van der Waals surface area contributed by atoms with Gasteiger partial charge in [-0.25, -0.2) is 13.4 Å². The van der Waals surface area contributed by atoms with Gasteiger partial charge in [0.05, 0.1) is 0 Å². The fraction of sp³-hybridized carbons (Fsp3) is 0.280. The Morgan fingerprint density at radius 2 is 1.70 bits per heavy atom. The SMILES string of the molecule is CC.Nc1ncc(-c2ccc3c(c2)C(c2ccncc2)=CCN3)cc1S(=O)(=O)N1CCCC1. The summed E-state index contributed by atoms with van der Waals surface area (Å²) in [5, 5.41) is 3.39. The van der Waals surface area contributed by atoms with E-state index in [0.717, 1.165) is 52.9 Å². The van der Waals surface area contributed by atoms with Crippen molar-refractivity contribution in [3.63, 3.8) is 0 Å². The van der Waals surface area contributed by atoms with Crippen LogP contribution in [0.5, 0.6) is 0 Å². The average molecular weight is 464 g/mol. The maximum atomic E-state index is 13.1. The van der Waals surface area contributed by atoms with Gasteiger partial charge in [-0.05, 0) is 59.9 Å². The molecule has 1 saturated heterocycles. The van der Waals surface area contributed by atoms with Crippen molar-refractivity contribution in [1.29, 1.82) is 0 Å². The zero-order valence-corrected chi connectivity index (χ0v) is 19.8. The molecule has 2 aromatic heterocycles. The molecule has 172 valence electrons. The molecule has 5 rings (SSSR count). The van der Waals surface area contributed by atoms with E-state index in [1.807, 2.05) is 38.1 Å². The van der Waals surface area contributed by atoms with Gasteiger partial charge in [-0.1, -0.05) is 26.0 Å². The Balaban J connectivity index is 0.00000126. The number of pyridine rings is 2. The highest BCUT2D eigenvalue weighted by molar-refractivity contribution is 7.89. The molecule has 33 heavy (non-hydrogen) atoms. The van der Waals surface area contributed by atoms with E-state index in [-0.39, 0.29) is 10.7 Å². The number of hydrogen-bond acceptors (Lipinski definition) is 6. The summed E-state index contributed by atoms with van der Waals surface area (Å²) in [7, 11) is -3.66. The van der Waals surface area contributed by atoms with E-state index in [1.165, 1.54) is 4.31 Å². The molecule has 0 spiro atoms. The van der Waals surface area contributed by atoms with Crippen molar-refractivity contribution >= 4 is 27.1 Å². The average Bonchev–Trinajstić information content (AvgIpc) is 3.41. The van der Waals surface area contributed by atoms with E-state index in [4.69, 9.17) is 5.73 Å². The normalized spacial score (nSPS) is 15.6. The lowest BCUT2D eigenvalue weighted by molar-refractivity contribution is 0.477. The Bertz CT molecular complexity index is 1270. The molecular weight excluding hydrogens is 434 g/mol. The molecule has 0 saturated carbocycles. The van der Waals surface area contributed by atoms with Gasteiger partial charge in [0, 0.05) is 55.0 Å². The third kappa shape index (κ3) is 4.49.